The monoisotopic (exact) mass is 666 g/mol. The first kappa shape index (κ1) is 36.5. The van der Waals surface area contributed by atoms with Gasteiger partial charge in [-0.2, -0.15) is 0 Å². The van der Waals surface area contributed by atoms with Crippen molar-refractivity contribution in [3.05, 3.63) is 125 Å². The third-order valence-corrected chi connectivity index (χ3v) is 8.14. The van der Waals surface area contributed by atoms with Crippen LogP contribution in [0.3, 0.4) is 0 Å². The highest BCUT2D eigenvalue weighted by atomic mass is 19.1. The number of carbonyl (C=O) groups excluding carboxylic acids is 4. The number of anilines is 1. The lowest BCUT2D eigenvalue weighted by Gasteiger charge is -2.17. The van der Waals surface area contributed by atoms with Crippen molar-refractivity contribution in [3.63, 3.8) is 0 Å². The van der Waals surface area contributed by atoms with Crippen molar-refractivity contribution >= 4 is 29.3 Å². The van der Waals surface area contributed by atoms with Crippen molar-refractivity contribution in [1.29, 1.82) is 0 Å². The van der Waals surface area contributed by atoms with Crippen LogP contribution in [-0.2, 0) is 22.4 Å². The molecule has 8 nitrogen and oxygen atoms in total. The van der Waals surface area contributed by atoms with Gasteiger partial charge in [0.15, 0.2) is 5.78 Å². The van der Waals surface area contributed by atoms with Crippen LogP contribution < -0.4 is 20.1 Å². The van der Waals surface area contributed by atoms with E-state index in [0.29, 0.717) is 46.0 Å². The first-order chi connectivity index (χ1) is 23.6. The van der Waals surface area contributed by atoms with Crippen LogP contribution in [0.2, 0.25) is 0 Å². The van der Waals surface area contributed by atoms with E-state index in [1.807, 2.05) is 0 Å². The zero-order valence-corrected chi connectivity index (χ0v) is 28.2. The number of hydrogen-bond donors (Lipinski definition) is 2. The van der Waals surface area contributed by atoms with Crippen LogP contribution in [0.15, 0.2) is 91.0 Å². The Kier molecular flexibility index (Phi) is 13.6. The van der Waals surface area contributed by atoms with E-state index in [9.17, 15) is 23.6 Å². The normalized spacial score (nSPS) is 11.3. The number of carbonyl (C=O) groups is 4. The Bertz CT molecular complexity index is 1720. The van der Waals surface area contributed by atoms with E-state index in [4.69, 9.17) is 9.47 Å². The van der Waals surface area contributed by atoms with Gasteiger partial charge in [-0.15, -0.1) is 0 Å². The van der Waals surface area contributed by atoms with E-state index in [-0.39, 0.29) is 30.3 Å². The molecule has 4 aromatic rings. The van der Waals surface area contributed by atoms with Gasteiger partial charge in [-0.3, -0.25) is 14.4 Å². The molecule has 0 unspecified atom stereocenters. The van der Waals surface area contributed by atoms with E-state index in [2.05, 4.69) is 17.6 Å². The quantitative estimate of drug-likeness (QED) is 0.0676. The maximum absolute atomic E-state index is 13.8. The van der Waals surface area contributed by atoms with Crippen LogP contribution in [0.1, 0.15) is 83.4 Å². The van der Waals surface area contributed by atoms with Crippen molar-refractivity contribution in [2.24, 2.45) is 0 Å². The van der Waals surface area contributed by atoms with Gasteiger partial charge in [-0.25, -0.2) is 9.18 Å². The number of amides is 2. The Hall–Kier alpha value is -5.31. The maximum Gasteiger partial charge on any atom is 0.343 e. The van der Waals surface area contributed by atoms with Gasteiger partial charge in [-0.1, -0.05) is 56.9 Å². The topological polar surface area (TPSA) is 111 Å². The largest absolute Gasteiger partial charge is 0.494 e. The number of Topliss-reactive ketones (excluding diaryl/α,β-unsaturated/α-hetero) is 1. The van der Waals surface area contributed by atoms with Gasteiger partial charge in [0.25, 0.3) is 5.91 Å². The molecule has 0 saturated heterocycles. The molecule has 0 heterocycles. The summed E-state index contributed by atoms with van der Waals surface area (Å²) < 4.78 is 25.1. The molecule has 2 amide bonds. The predicted octanol–water partition coefficient (Wildman–Crippen LogP) is 7.81. The average Bonchev–Trinajstić information content (AvgIpc) is 3.09. The lowest BCUT2D eigenvalue weighted by molar-refractivity contribution is -0.119. The molecule has 9 heteroatoms. The summed E-state index contributed by atoms with van der Waals surface area (Å²) in [7, 11) is 0. The van der Waals surface area contributed by atoms with Crippen LogP contribution in [0.5, 0.6) is 11.5 Å². The minimum Gasteiger partial charge on any atom is -0.494 e. The number of ketones is 1. The summed E-state index contributed by atoms with van der Waals surface area (Å²) in [6.45, 7) is 5.86. The highest BCUT2D eigenvalue weighted by molar-refractivity contribution is 5.98. The van der Waals surface area contributed by atoms with Crippen LogP contribution in [0, 0.1) is 12.7 Å². The zero-order chi connectivity index (χ0) is 35.2. The van der Waals surface area contributed by atoms with Gasteiger partial charge >= 0.3 is 5.97 Å². The molecule has 2 N–H and O–H groups in total. The molecule has 0 aromatic heterocycles. The number of benzene rings is 4. The van der Waals surface area contributed by atoms with E-state index >= 15 is 0 Å². The van der Waals surface area contributed by atoms with Gasteiger partial charge in [0.2, 0.25) is 5.91 Å². The number of unbranched alkanes of at least 4 members (excludes halogenated alkanes) is 4. The fraction of sp³-hybridized carbons (Fsp3) is 0.300. The predicted molar refractivity (Wildman–Crippen MR) is 188 cm³/mol. The molecule has 256 valence electrons. The van der Waals surface area contributed by atoms with Crippen molar-refractivity contribution in [2.45, 2.75) is 71.8 Å². The summed E-state index contributed by atoms with van der Waals surface area (Å²) in [6, 6.07) is 23.7. The lowest BCUT2D eigenvalue weighted by Crippen LogP contribution is -2.41. The fourth-order valence-corrected chi connectivity index (χ4v) is 5.14. The Balaban J connectivity index is 1.25. The third kappa shape index (κ3) is 11.4. The molecule has 0 aliphatic carbocycles. The first-order valence-electron chi connectivity index (χ1n) is 16.6. The minimum atomic E-state index is -0.785. The molecule has 0 spiro atoms. The maximum atomic E-state index is 13.8. The van der Waals surface area contributed by atoms with Gasteiger partial charge in [-0.05, 0) is 110 Å². The van der Waals surface area contributed by atoms with Crippen LogP contribution in [0.4, 0.5) is 10.1 Å². The van der Waals surface area contributed by atoms with Crippen molar-refractivity contribution in [1.82, 2.24) is 5.32 Å². The van der Waals surface area contributed by atoms with E-state index in [1.165, 1.54) is 32.3 Å². The summed E-state index contributed by atoms with van der Waals surface area (Å²) in [4.78, 5) is 50.6. The number of esters is 1. The third-order valence-electron chi connectivity index (χ3n) is 8.14. The molecule has 0 radical (unpaired) electrons. The molecule has 4 aromatic carbocycles. The number of rotatable bonds is 17. The van der Waals surface area contributed by atoms with Crippen LogP contribution in [0.25, 0.3) is 0 Å². The molecule has 0 aliphatic heterocycles. The SMILES string of the molecule is CCCCCCCOc1ccc(C(=O)Oc2ccc(C[C@H](NC(=O)c3ccc(NC(=O)Cc4cccc(F)c4C)cc3)C(C)=O)cc2)cc1. The molecule has 49 heavy (non-hydrogen) atoms. The summed E-state index contributed by atoms with van der Waals surface area (Å²) >= 11 is 0. The second-order valence-electron chi connectivity index (χ2n) is 12.0. The number of hydrogen-bond acceptors (Lipinski definition) is 6. The van der Waals surface area contributed by atoms with Crippen molar-refractivity contribution in [3.8, 4) is 11.5 Å². The summed E-state index contributed by atoms with van der Waals surface area (Å²) in [5.41, 5.74) is 2.98. The highest BCUT2D eigenvalue weighted by Gasteiger charge is 2.19. The fourth-order valence-electron chi connectivity index (χ4n) is 5.14. The molecule has 4 rings (SSSR count). The van der Waals surface area contributed by atoms with Crippen LogP contribution >= 0.6 is 0 Å². The Labute approximate surface area is 287 Å². The zero-order valence-electron chi connectivity index (χ0n) is 28.2. The van der Waals surface area contributed by atoms with Gasteiger partial charge < -0.3 is 20.1 Å². The molecule has 0 aliphatic rings. The Morgan fingerprint density at radius 1 is 0.776 bits per heavy atom. The van der Waals surface area contributed by atoms with Gasteiger partial charge in [0.05, 0.1) is 24.6 Å². The Morgan fingerprint density at radius 2 is 1.43 bits per heavy atom. The van der Waals surface area contributed by atoms with Crippen molar-refractivity contribution in [2.75, 3.05) is 11.9 Å². The standard InChI is InChI=1S/C40H43FN2O6/c1-4-5-6-7-8-24-48-34-22-16-31(17-23-34)40(47)49-35-20-12-29(13-21-35)25-37(28(3)44)43-39(46)30-14-18-33(19-15-30)42-38(45)26-32-10-9-11-36(41)27(32)2/h9-23,37H,4-8,24-26H2,1-3H3,(H,42,45)(H,43,46)/t37-/m0/s1. The Morgan fingerprint density at radius 3 is 2.10 bits per heavy atom. The smallest absolute Gasteiger partial charge is 0.343 e. The van der Waals surface area contributed by atoms with Gasteiger partial charge in [0.1, 0.15) is 17.3 Å². The molecule has 0 bridgehead atoms. The number of ether oxygens (including phenoxy) is 2. The molecule has 1 atom stereocenters. The van der Waals surface area contributed by atoms with Gasteiger partial charge in [0, 0.05) is 11.3 Å². The molecular formula is C40H43FN2O6. The molecular weight excluding hydrogens is 623 g/mol. The molecule has 0 saturated carbocycles. The second kappa shape index (κ2) is 18.3. The van der Waals surface area contributed by atoms with Crippen LogP contribution in [-0.4, -0.2) is 36.2 Å². The first-order valence-corrected chi connectivity index (χ1v) is 16.6. The lowest BCUT2D eigenvalue weighted by atomic mass is 10.0. The summed E-state index contributed by atoms with van der Waals surface area (Å²) in [6.07, 6.45) is 6.04. The van der Waals surface area contributed by atoms with Crippen molar-refractivity contribution < 1.29 is 33.0 Å². The van der Waals surface area contributed by atoms with E-state index < -0.39 is 17.9 Å². The summed E-state index contributed by atoms with van der Waals surface area (Å²) in [5.74, 6) is -0.784. The average molecular weight is 667 g/mol. The highest BCUT2D eigenvalue weighted by Crippen LogP contribution is 2.19. The number of nitrogens with one attached hydrogen (secondary N) is 2. The minimum absolute atomic E-state index is 0.0125. The molecule has 0 fully saturated rings. The number of halogens is 1. The van der Waals surface area contributed by atoms with E-state index in [1.54, 1.807) is 91.9 Å². The van der Waals surface area contributed by atoms with E-state index in [0.717, 1.165) is 18.4 Å². The second-order valence-corrected chi connectivity index (χ2v) is 12.0. The summed E-state index contributed by atoms with van der Waals surface area (Å²) in [5, 5.41) is 5.53.